The summed E-state index contributed by atoms with van der Waals surface area (Å²) in [4.78, 5) is 30.6. The van der Waals surface area contributed by atoms with Crippen LogP contribution in [0, 0.1) is 0 Å². The van der Waals surface area contributed by atoms with E-state index in [0.29, 0.717) is 27.9 Å². The topological polar surface area (TPSA) is 40.6 Å². The minimum atomic E-state index is -0.171. The van der Waals surface area contributed by atoms with Gasteiger partial charge in [-0.15, -0.1) is 0 Å². The first-order valence-electron chi connectivity index (χ1n) is 10.4. The second kappa shape index (κ2) is 9.67. The molecule has 0 N–H and O–H groups in total. The Morgan fingerprint density at radius 3 is 2.48 bits per heavy atom. The molecule has 0 aromatic heterocycles. The molecule has 2 aliphatic heterocycles. The number of halogens is 1. The molecule has 0 unspecified atom stereocenters. The lowest BCUT2D eigenvalue weighted by Gasteiger charge is -2.17. The molecule has 4 nitrogen and oxygen atoms in total. The van der Waals surface area contributed by atoms with E-state index in [0.717, 1.165) is 47.0 Å². The zero-order valence-corrected chi connectivity index (χ0v) is 20.5. The molecular weight excluding hydrogens is 492 g/mol. The largest absolute Gasteiger partial charge is 0.308 e. The Kier molecular flexibility index (Phi) is 6.94. The summed E-state index contributed by atoms with van der Waals surface area (Å²) in [6.45, 7) is 3.30. The fourth-order valence-corrected chi connectivity index (χ4v) is 5.63. The first kappa shape index (κ1) is 22.2. The maximum Gasteiger partial charge on any atom is 0.267 e. The average Bonchev–Trinajstić information content (AvgIpc) is 3.19. The van der Waals surface area contributed by atoms with Crippen molar-refractivity contribution in [2.75, 3.05) is 18.0 Å². The van der Waals surface area contributed by atoms with Crippen molar-refractivity contribution in [1.82, 2.24) is 4.90 Å². The number of hydrogen-bond acceptors (Lipinski definition) is 4. The quantitative estimate of drug-likeness (QED) is 0.266. The summed E-state index contributed by atoms with van der Waals surface area (Å²) in [5.41, 5.74) is 3.30. The van der Waals surface area contributed by atoms with Gasteiger partial charge in [0.2, 0.25) is 0 Å². The van der Waals surface area contributed by atoms with E-state index in [2.05, 4.69) is 22.9 Å². The van der Waals surface area contributed by atoms with E-state index in [1.54, 1.807) is 4.90 Å². The number of nitrogens with zero attached hydrogens (tertiary/aromatic N) is 2. The predicted octanol–water partition coefficient (Wildman–Crippen LogP) is 5.80. The molecule has 0 aliphatic carbocycles. The van der Waals surface area contributed by atoms with E-state index in [1.165, 1.54) is 11.8 Å². The molecule has 2 aromatic rings. The number of thiocarbonyl (C=S) groups is 1. The van der Waals surface area contributed by atoms with Crippen LogP contribution in [0.15, 0.2) is 57.9 Å². The summed E-state index contributed by atoms with van der Waals surface area (Å²) < 4.78 is 1.39. The van der Waals surface area contributed by atoms with Crippen molar-refractivity contribution in [1.29, 1.82) is 0 Å². The van der Waals surface area contributed by atoms with Crippen LogP contribution >= 0.6 is 39.9 Å². The van der Waals surface area contributed by atoms with E-state index in [1.807, 2.05) is 53.4 Å². The van der Waals surface area contributed by atoms with Crippen molar-refractivity contribution in [3.05, 3.63) is 69.0 Å². The minimum absolute atomic E-state index is 0.104. The molecular formula is C24H23BrN2O2S2. The van der Waals surface area contributed by atoms with Crippen LogP contribution < -0.4 is 4.90 Å². The molecule has 7 heteroatoms. The molecule has 0 spiro atoms. The van der Waals surface area contributed by atoms with Crippen molar-refractivity contribution < 1.29 is 9.59 Å². The molecule has 0 radical (unpaired) electrons. The SMILES string of the molecule is CCCCCN1C(=O)C(=C2SC(=S)N(CCc3ccccc3)C2=O)c2cc(Br)ccc21. The zero-order valence-electron chi connectivity index (χ0n) is 17.3. The first-order chi connectivity index (χ1) is 15.0. The van der Waals surface area contributed by atoms with Gasteiger partial charge in [0.15, 0.2) is 0 Å². The Labute approximate surface area is 200 Å². The van der Waals surface area contributed by atoms with E-state index in [9.17, 15) is 9.59 Å². The smallest absolute Gasteiger partial charge is 0.267 e. The molecule has 160 valence electrons. The monoisotopic (exact) mass is 514 g/mol. The number of carbonyl (C=O) groups excluding carboxylic acids is 2. The second-order valence-electron chi connectivity index (χ2n) is 7.59. The van der Waals surface area contributed by atoms with E-state index < -0.39 is 0 Å². The summed E-state index contributed by atoms with van der Waals surface area (Å²) >= 11 is 10.3. The molecule has 31 heavy (non-hydrogen) atoms. The molecule has 2 aromatic carbocycles. The van der Waals surface area contributed by atoms with Crippen molar-refractivity contribution in [3.63, 3.8) is 0 Å². The highest BCUT2D eigenvalue weighted by molar-refractivity contribution is 9.10. The molecule has 4 rings (SSSR count). The number of rotatable bonds is 7. The predicted molar refractivity (Wildman–Crippen MR) is 135 cm³/mol. The van der Waals surface area contributed by atoms with Crippen LogP contribution in [-0.4, -0.2) is 34.1 Å². The average molecular weight is 515 g/mol. The van der Waals surface area contributed by atoms with Crippen LogP contribution in [0.2, 0.25) is 0 Å². The second-order valence-corrected chi connectivity index (χ2v) is 10.1. The van der Waals surface area contributed by atoms with Gasteiger partial charge in [-0.05, 0) is 36.6 Å². The molecule has 0 atom stereocenters. The highest BCUT2D eigenvalue weighted by Crippen LogP contribution is 2.45. The zero-order chi connectivity index (χ0) is 22.0. The third kappa shape index (κ3) is 4.49. The summed E-state index contributed by atoms with van der Waals surface area (Å²) in [5, 5.41) is 0. The molecule has 2 amide bonds. The maximum absolute atomic E-state index is 13.4. The van der Waals surface area contributed by atoms with Gasteiger partial charge in [-0.3, -0.25) is 14.5 Å². The standard InChI is InChI=1S/C24H23BrN2O2S2/c1-2-3-7-13-26-19-11-10-17(25)15-18(19)20(22(26)28)21-23(29)27(24(30)31-21)14-12-16-8-5-4-6-9-16/h4-6,8-11,15H,2-3,7,12-14H2,1H3. The van der Waals surface area contributed by atoms with Crippen LogP contribution in [0.5, 0.6) is 0 Å². The van der Waals surface area contributed by atoms with Crippen molar-refractivity contribution in [2.45, 2.75) is 32.6 Å². The Morgan fingerprint density at radius 1 is 0.968 bits per heavy atom. The van der Waals surface area contributed by atoms with Crippen molar-refractivity contribution in [2.24, 2.45) is 0 Å². The molecule has 1 saturated heterocycles. The Bertz CT molecular complexity index is 1070. The van der Waals surface area contributed by atoms with Crippen LogP contribution in [-0.2, 0) is 16.0 Å². The van der Waals surface area contributed by atoms with Gasteiger partial charge in [0, 0.05) is 23.1 Å². The maximum atomic E-state index is 13.4. The number of fused-ring (bicyclic) bond motifs is 1. The number of thioether (sulfide) groups is 1. The van der Waals surface area contributed by atoms with Gasteiger partial charge in [-0.1, -0.05) is 90.0 Å². The number of carbonyl (C=O) groups is 2. The Balaban J connectivity index is 1.64. The Hall–Kier alpha value is -1.96. The number of benzene rings is 2. The van der Waals surface area contributed by atoms with Crippen molar-refractivity contribution in [3.8, 4) is 0 Å². The number of hydrogen-bond donors (Lipinski definition) is 0. The molecule has 2 heterocycles. The first-order valence-corrected chi connectivity index (χ1v) is 12.5. The van der Waals surface area contributed by atoms with Gasteiger partial charge in [-0.25, -0.2) is 0 Å². The van der Waals surface area contributed by atoms with Gasteiger partial charge in [-0.2, -0.15) is 0 Å². The lowest BCUT2D eigenvalue weighted by molar-refractivity contribution is -0.122. The van der Waals surface area contributed by atoms with Crippen LogP contribution in [0.4, 0.5) is 5.69 Å². The summed E-state index contributed by atoms with van der Waals surface area (Å²) in [6.07, 6.45) is 3.80. The highest BCUT2D eigenvalue weighted by Gasteiger charge is 2.41. The van der Waals surface area contributed by atoms with Gasteiger partial charge in [0.25, 0.3) is 11.8 Å². The molecule has 0 bridgehead atoms. The fourth-order valence-electron chi connectivity index (χ4n) is 3.89. The Morgan fingerprint density at radius 2 is 1.74 bits per heavy atom. The third-order valence-corrected chi connectivity index (χ3v) is 7.45. The minimum Gasteiger partial charge on any atom is -0.308 e. The van der Waals surface area contributed by atoms with Gasteiger partial charge in [0.1, 0.15) is 4.32 Å². The van der Waals surface area contributed by atoms with E-state index in [4.69, 9.17) is 12.2 Å². The van der Waals surface area contributed by atoms with Crippen LogP contribution in [0.3, 0.4) is 0 Å². The number of amides is 2. The van der Waals surface area contributed by atoms with E-state index >= 15 is 0 Å². The van der Waals surface area contributed by atoms with Gasteiger partial charge >= 0.3 is 0 Å². The van der Waals surface area contributed by atoms with Gasteiger partial charge in [0.05, 0.1) is 16.2 Å². The molecule has 2 aliphatic rings. The molecule has 1 fully saturated rings. The van der Waals surface area contributed by atoms with Gasteiger partial charge < -0.3 is 4.90 Å². The highest BCUT2D eigenvalue weighted by atomic mass is 79.9. The summed E-state index contributed by atoms with van der Waals surface area (Å²) in [6, 6.07) is 15.8. The number of anilines is 1. The van der Waals surface area contributed by atoms with Crippen molar-refractivity contribution >= 4 is 67.3 Å². The lowest BCUT2D eigenvalue weighted by Crippen LogP contribution is -2.31. The normalized spacial score (nSPS) is 18.3. The molecule has 0 saturated carbocycles. The van der Waals surface area contributed by atoms with Crippen LogP contribution in [0.25, 0.3) is 5.57 Å². The van der Waals surface area contributed by atoms with Crippen LogP contribution in [0.1, 0.15) is 37.3 Å². The van der Waals surface area contributed by atoms with E-state index in [-0.39, 0.29) is 11.8 Å². The lowest BCUT2D eigenvalue weighted by atomic mass is 10.1. The summed E-state index contributed by atoms with van der Waals surface area (Å²) in [5.74, 6) is -0.275. The third-order valence-electron chi connectivity index (χ3n) is 5.51. The summed E-state index contributed by atoms with van der Waals surface area (Å²) in [7, 11) is 0. The fraction of sp³-hybridized carbons (Fsp3) is 0.292. The number of unbranched alkanes of at least 4 members (excludes halogenated alkanes) is 2.